The number of pyridine rings is 1. The fraction of sp³-hybridized carbons (Fsp3) is 0.267. The van der Waals surface area contributed by atoms with Crippen molar-refractivity contribution in [3.05, 3.63) is 36.2 Å². The predicted octanol–water partition coefficient (Wildman–Crippen LogP) is 3.28. The molecule has 6 heteroatoms. The number of aromatic nitrogens is 1. The lowest BCUT2D eigenvalue weighted by Crippen LogP contribution is -2.27. The molecule has 110 valence electrons. The van der Waals surface area contributed by atoms with Gasteiger partial charge in [0.05, 0.1) is 11.3 Å². The van der Waals surface area contributed by atoms with E-state index in [0.717, 1.165) is 0 Å². The summed E-state index contributed by atoms with van der Waals surface area (Å²) in [5, 5.41) is 12.8. The molecule has 0 aliphatic rings. The van der Waals surface area contributed by atoms with Gasteiger partial charge in [-0.3, -0.25) is 10.3 Å². The van der Waals surface area contributed by atoms with E-state index in [0.29, 0.717) is 16.5 Å². The van der Waals surface area contributed by atoms with Crippen molar-refractivity contribution < 1.29 is 19.4 Å². The fourth-order valence-corrected chi connectivity index (χ4v) is 1.90. The van der Waals surface area contributed by atoms with Crippen LogP contribution in [0.1, 0.15) is 31.1 Å². The number of amides is 1. The molecule has 0 bridgehead atoms. The summed E-state index contributed by atoms with van der Waals surface area (Å²) < 4.78 is 5.18. The zero-order valence-corrected chi connectivity index (χ0v) is 12.0. The van der Waals surface area contributed by atoms with Gasteiger partial charge in [-0.15, -0.1) is 0 Å². The number of anilines is 1. The second-order valence-corrected chi connectivity index (χ2v) is 5.51. The molecule has 2 N–H and O–H groups in total. The Morgan fingerprint density at radius 3 is 2.52 bits per heavy atom. The third kappa shape index (κ3) is 3.47. The average Bonchev–Trinajstić information content (AvgIpc) is 2.36. The molecule has 1 heterocycles. The summed E-state index contributed by atoms with van der Waals surface area (Å²) in [6.07, 6.45) is 2.41. The number of carboxylic acid groups (broad SMARTS) is 1. The van der Waals surface area contributed by atoms with Crippen molar-refractivity contribution in [3.63, 3.8) is 0 Å². The van der Waals surface area contributed by atoms with Gasteiger partial charge in [-0.05, 0) is 39.0 Å². The number of nitrogens with zero attached hydrogens (tertiary/aromatic N) is 1. The van der Waals surface area contributed by atoms with Crippen molar-refractivity contribution in [3.8, 4) is 0 Å². The maximum absolute atomic E-state index is 11.8. The van der Waals surface area contributed by atoms with Crippen LogP contribution in [0.15, 0.2) is 30.6 Å². The number of carboxylic acids is 1. The molecule has 0 radical (unpaired) electrons. The van der Waals surface area contributed by atoms with Crippen molar-refractivity contribution >= 4 is 28.5 Å². The van der Waals surface area contributed by atoms with Crippen LogP contribution in [0.4, 0.5) is 10.5 Å². The van der Waals surface area contributed by atoms with Crippen LogP contribution >= 0.6 is 0 Å². The highest BCUT2D eigenvalue weighted by Crippen LogP contribution is 2.26. The van der Waals surface area contributed by atoms with Crippen LogP contribution in [0, 0.1) is 0 Å². The molecule has 6 nitrogen and oxygen atoms in total. The number of fused-ring (bicyclic) bond motifs is 1. The van der Waals surface area contributed by atoms with Crippen LogP contribution in [0.25, 0.3) is 10.8 Å². The molecule has 2 rings (SSSR count). The second-order valence-electron chi connectivity index (χ2n) is 5.51. The van der Waals surface area contributed by atoms with Crippen LogP contribution in [0.2, 0.25) is 0 Å². The smallest absolute Gasteiger partial charge is 0.412 e. The molecular formula is C15H16N2O4. The minimum atomic E-state index is -1.03. The molecule has 0 aliphatic carbocycles. The second kappa shape index (κ2) is 5.40. The molecule has 2 aromatic rings. The number of hydrogen-bond acceptors (Lipinski definition) is 4. The molecule has 0 fully saturated rings. The Morgan fingerprint density at radius 2 is 1.90 bits per heavy atom. The van der Waals surface area contributed by atoms with Gasteiger partial charge in [-0.2, -0.15) is 0 Å². The highest BCUT2D eigenvalue weighted by molar-refractivity contribution is 6.09. The molecule has 0 saturated heterocycles. The maximum atomic E-state index is 11.8. The lowest BCUT2D eigenvalue weighted by atomic mass is 10.1. The number of benzene rings is 1. The number of hydrogen-bond donors (Lipinski definition) is 2. The normalized spacial score (nSPS) is 11.2. The van der Waals surface area contributed by atoms with Crippen molar-refractivity contribution in [2.45, 2.75) is 26.4 Å². The van der Waals surface area contributed by atoms with Crippen LogP contribution < -0.4 is 5.32 Å². The van der Waals surface area contributed by atoms with E-state index in [2.05, 4.69) is 10.3 Å². The topological polar surface area (TPSA) is 88.5 Å². The minimum absolute atomic E-state index is 0.155. The van der Waals surface area contributed by atoms with Crippen molar-refractivity contribution in [2.75, 3.05) is 5.32 Å². The Hall–Kier alpha value is -2.63. The van der Waals surface area contributed by atoms with E-state index >= 15 is 0 Å². The number of rotatable bonds is 2. The summed E-state index contributed by atoms with van der Waals surface area (Å²) in [5.41, 5.74) is -0.00132. The number of ether oxygens (including phenoxy) is 1. The molecule has 1 aromatic heterocycles. The average molecular weight is 288 g/mol. The summed E-state index contributed by atoms with van der Waals surface area (Å²) in [7, 11) is 0. The SMILES string of the molecule is CC(C)(C)OC(=O)Nc1ccc(C(=O)O)c2ccncc12. The van der Waals surface area contributed by atoms with E-state index in [-0.39, 0.29) is 5.56 Å². The van der Waals surface area contributed by atoms with Gasteiger partial charge in [0.2, 0.25) is 0 Å². The van der Waals surface area contributed by atoms with E-state index in [9.17, 15) is 14.7 Å². The van der Waals surface area contributed by atoms with Gasteiger partial charge >= 0.3 is 12.1 Å². The van der Waals surface area contributed by atoms with Gasteiger partial charge < -0.3 is 9.84 Å². The highest BCUT2D eigenvalue weighted by Gasteiger charge is 2.18. The monoisotopic (exact) mass is 288 g/mol. The van der Waals surface area contributed by atoms with E-state index in [4.69, 9.17) is 4.74 Å². The van der Waals surface area contributed by atoms with Gasteiger partial charge in [0.1, 0.15) is 5.60 Å². The lowest BCUT2D eigenvalue weighted by molar-refractivity contribution is 0.0634. The van der Waals surface area contributed by atoms with E-state index in [1.54, 1.807) is 26.8 Å². The molecule has 1 aromatic carbocycles. The Bertz CT molecular complexity index is 704. The summed E-state index contributed by atoms with van der Waals surface area (Å²) >= 11 is 0. The lowest BCUT2D eigenvalue weighted by Gasteiger charge is -2.20. The van der Waals surface area contributed by atoms with E-state index < -0.39 is 17.7 Å². The van der Waals surface area contributed by atoms with Gasteiger partial charge in [-0.25, -0.2) is 9.59 Å². The summed E-state index contributed by atoms with van der Waals surface area (Å²) in [6, 6.07) is 4.56. The molecular weight excluding hydrogens is 272 g/mol. The molecule has 0 spiro atoms. The molecule has 0 aliphatic heterocycles. The van der Waals surface area contributed by atoms with Crippen LogP contribution in [-0.4, -0.2) is 27.8 Å². The zero-order chi connectivity index (χ0) is 15.6. The largest absolute Gasteiger partial charge is 0.478 e. The van der Waals surface area contributed by atoms with Crippen LogP contribution in [0.5, 0.6) is 0 Å². The van der Waals surface area contributed by atoms with Crippen molar-refractivity contribution in [2.24, 2.45) is 0 Å². The quantitative estimate of drug-likeness (QED) is 0.885. The Kier molecular flexibility index (Phi) is 3.80. The first-order valence-corrected chi connectivity index (χ1v) is 6.38. The maximum Gasteiger partial charge on any atom is 0.412 e. The molecule has 21 heavy (non-hydrogen) atoms. The van der Waals surface area contributed by atoms with E-state index in [1.165, 1.54) is 24.5 Å². The van der Waals surface area contributed by atoms with Gasteiger partial charge in [0.15, 0.2) is 0 Å². The molecule has 0 saturated carbocycles. The number of nitrogens with one attached hydrogen (secondary N) is 1. The molecule has 0 unspecified atom stereocenters. The van der Waals surface area contributed by atoms with Crippen molar-refractivity contribution in [1.29, 1.82) is 0 Å². The van der Waals surface area contributed by atoms with Gasteiger partial charge in [0, 0.05) is 23.2 Å². The first kappa shape index (κ1) is 14.8. The zero-order valence-electron chi connectivity index (χ0n) is 12.0. The standard InChI is InChI=1S/C15H16N2O4/c1-15(2,3)21-14(20)17-12-5-4-10(13(18)19)9-6-7-16-8-11(9)12/h4-8H,1-3H3,(H,17,20)(H,18,19). The first-order valence-electron chi connectivity index (χ1n) is 6.38. The third-order valence-electron chi connectivity index (χ3n) is 2.68. The van der Waals surface area contributed by atoms with Crippen molar-refractivity contribution in [1.82, 2.24) is 4.98 Å². The molecule has 0 atom stereocenters. The van der Waals surface area contributed by atoms with Crippen LogP contribution in [-0.2, 0) is 4.74 Å². The summed E-state index contributed by atoms with van der Waals surface area (Å²) in [4.78, 5) is 27.0. The highest BCUT2D eigenvalue weighted by atomic mass is 16.6. The van der Waals surface area contributed by atoms with Crippen LogP contribution in [0.3, 0.4) is 0 Å². The predicted molar refractivity (Wildman–Crippen MR) is 78.6 cm³/mol. The Labute approximate surface area is 121 Å². The minimum Gasteiger partial charge on any atom is -0.478 e. The number of carbonyl (C=O) groups is 2. The third-order valence-corrected chi connectivity index (χ3v) is 2.68. The van der Waals surface area contributed by atoms with E-state index in [1.807, 2.05) is 0 Å². The summed E-state index contributed by atoms with van der Waals surface area (Å²) in [5.74, 6) is -1.03. The summed E-state index contributed by atoms with van der Waals surface area (Å²) in [6.45, 7) is 5.29. The Morgan fingerprint density at radius 1 is 1.19 bits per heavy atom. The Balaban J connectivity index is 2.40. The number of aromatic carboxylic acids is 1. The molecule has 1 amide bonds. The van der Waals surface area contributed by atoms with Gasteiger partial charge in [0.25, 0.3) is 0 Å². The fourth-order valence-electron chi connectivity index (χ4n) is 1.90. The van der Waals surface area contributed by atoms with Gasteiger partial charge in [-0.1, -0.05) is 0 Å². The first-order chi connectivity index (χ1) is 9.78. The number of carbonyl (C=O) groups excluding carboxylic acids is 1.